The Labute approximate surface area is 120 Å². The van der Waals surface area contributed by atoms with Gasteiger partial charge in [-0.3, -0.25) is 9.69 Å². The van der Waals surface area contributed by atoms with Crippen LogP contribution in [-0.2, 0) is 4.79 Å². The van der Waals surface area contributed by atoms with Gasteiger partial charge in [-0.15, -0.1) is 0 Å². The second-order valence-corrected chi connectivity index (χ2v) is 5.60. The van der Waals surface area contributed by atoms with Gasteiger partial charge >= 0.3 is 0 Å². The summed E-state index contributed by atoms with van der Waals surface area (Å²) in [6.45, 7) is 6.14. The Bertz CT molecular complexity index is 521. The molecule has 0 radical (unpaired) electrons. The maximum Gasteiger partial charge on any atom is 0.241 e. The summed E-state index contributed by atoms with van der Waals surface area (Å²) in [6, 6.07) is 8.96. The predicted molar refractivity (Wildman–Crippen MR) is 79.2 cm³/mol. The topological polar surface area (TPSA) is 56.1 Å². The van der Waals surface area contributed by atoms with Crippen LogP contribution in [0.1, 0.15) is 32.3 Å². The van der Waals surface area contributed by atoms with Crippen molar-refractivity contribution in [1.29, 1.82) is 5.26 Å². The SMILES string of the molecule is CC1CCCN(C(C)C(=O)Nc2cccc(C#N)c2)C1. The summed E-state index contributed by atoms with van der Waals surface area (Å²) in [5.74, 6) is 0.648. The first-order chi connectivity index (χ1) is 9.60. The molecule has 0 bridgehead atoms. The highest BCUT2D eigenvalue weighted by atomic mass is 16.2. The number of nitriles is 1. The second kappa shape index (κ2) is 6.53. The van der Waals surface area contributed by atoms with E-state index in [2.05, 4.69) is 23.2 Å². The molecule has 2 unspecified atom stereocenters. The van der Waals surface area contributed by atoms with Gasteiger partial charge in [-0.2, -0.15) is 5.26 Å². The number of hydrogen-bond acceptors (Lipinski definition) is 3. The smallest absolute Gasteiger partial charge is 0.241 e. The molecule has 1 aliphatic heterocycles. The number of piperidine rings is 1. The van der Waals surface area contributed by atoms with E-state index in [-0.39, 0.29) is 11.9 Å². The molecule has 0 aromatic heterocycles. The van der Waals surface area contributed by atoms with E-state index >= 15 is 0 Å². The lowest BCUT2D eigenvalue weighted by Crippen LogP contribution is -2.46. The molecule has 1 aliphatic rings. The number of hydrogen-bond donors (Lipinski definition) is 1. The Morgan fingerprint density at radius 2 is 2.35 bits per heavy atom. The van der Waals surface area contributed by atoms with Crippen LogP contribution in [-0.4, -0.2) is 29.9 Å². The summed E-state index contributed by atoms with van der Waals surface area (Å²) in [7, 11) is 0. The fraction of sp³-hybridized carbons (Fsp3) is 0.500. The van der Waals surface area contributed by atoms with Crippen LogP contribution in [0.5, 0.6) is 0 Å². The van der Waals surface area contributed by atoms with E-state index in [1.165, 1.54) is 6.42 Å². The summed E-state index contributed by atoms with van der Waals surface area (Å²) < 4.78 is 0. The summed E-state index contributed by atoms with van der Waals surface area (Å²) in [6.07, 6.45) is 2.40. The molecule has 2 rings (SSSR count). The van der Waals surface area contributed by atoms with E-state index in [9.17, 15) is 4.79 Å². The number of nitrogens with zero attached hydrogens (tertiary/aromatic N) is 2. The van der Waals surface area contributed by atoms with Gasteiger partial charge in [0.25, 0.3) is 0 Å². The maximum absolute atomic E-state index is 12.3. The van der Waals surface area contributed by atoms with Gasteiger partial charge < -0.3 is 5.32 Å². The zero-order valence-electron chi connectivity index (χ0n) is 12.1. The zero-order chi connectivity index (χ0) is 14.5. The Hall–Kier alpha value is -1.86. The van der Waals surface area contributed by atoms with Crippen molar-refractivity contribution in [2.75, 3.05) is 18.4 Å². The van der Waals surface area contributed by atoms with Gasteiger partial charge in [0.2, 0.25) is 5.91 Å². The van der Waals surface area contributed by atoms with Gasteiger partial charge in [0.15, 0.2) is 0 Å². The zero-order valence-corrected chi connectivity index (χ0v) is 12.1. The number of likely N-dealkylation sites (tertiary alicyclic amines) is 1. The quantitative estimate of drug-likeness (QED) is 0.919. The number of nitrogens with one attached hydrogen (secondary N) is 1. The number of carbonyl (C=O) groups excluding carboxylic acids is 1. The van der Waals surface area contributed by atoms with Crippen LogP contribution in [0.4, 0.5) is 5.69 Å². The van der Waals surface area contributed by atoms with Crippen LogP contribution in [0, 0.1) is 17.2 Å². The van der Waals surface area contributed by atoms with Gasteiger partial charge in [0, 0.05) is 12.2 Å². The van der Waals surface area contributed by atoms with Crippen LogP contribution in [0.25, 0.3) is 0 Å². The minimum Gasteiger partial charge on any atom is -0.325 e. The second-order valence-electron chi connectivity index (χ2n) is 5.60. The van der Waals surface area contributed by atoms with E-state index in [0.29, 0.717) is 17.2 Å². The number of amides is 1. The number of rotatable bonds is 3. The highest BCUT2D eigenvalue weighted by Gasteiger charge is 2.25. The third-order valence-electron chi connectivity index (χ3n) is 3.87. The van der Waals surface area contributed by atoms with Crippen LogP contribution in [0.15, 0.2) is 24.3 Å². The van der Waals surface area contributed by atoms with Crippen LogP contribution >= 0.6 is 0 Å². The number of benzene rings is 1. The Kier molecular flexibility index (Phi) is 4.75. The summed E-state index contributed by atoms with van der Waals surface area (Å²) in [5.41, 5.74) is 1.24. The molecule has 106 valence electrons. The van der Waals surface area contributed by atoms with Gasteiger partial charge in [-0.05, 0) is 50.4 Å². The highest BCUT2D eigenvalue weighted by Crippen LogP contribution is 2.18. The van der Waals surface area contributed by atoms with Crippen molar-refractivity contribution in [3.63, 3.8) is 0 Å². The van der Waals surface area contributed by atoms with Crippen molar-refractivity contribution in [2.45, 2.75) is 32.7 Å². The first-order valence-corrected chi connectivity index (χ1v) is 7.15. The summed E-state index contributed by atoms with van der Waals surface area (Å²) >= 11 is 0. The average molecular weight is 271 g/mol. The molecule has 1 saturated heterocycles. The lowest BCUT2D eigenvalue weighted by molar-refractivity contribution is -0.121. The molecule has 1 aromatic rings. The molecule has 0 spiro atoms. The van der Waals surface area contributed by atoms with Gasteiger partial charge in [0.1, 0.15) is 0 Å². The van der Waals surface area contributed by atoms with Gasteiger partial charge in [0.05, 0.1) is 17.7 Å². The molecule has 0 saturated carbocycles. The van der Waals surface area contributed by atoms with Crippen LogP contribution in [0.3, 0.4) is 0 Å². The normalized spacial score (nSPS) is 20.9. The molecule has 1 amide bonds. The van der Waals surface area contributed by atoms with E-state index in [1.54, 1.807) is 18.2 Å². The van der Waals surface area contributed by atoms with Crippen LogP contribution < -0.4 is 5.32 Å². The van der Waals surface area contributed by atoms with Crippen molar-refractivity contribution in [3.05, 3.63) is 29.8 Å². The molecule has 4 nitrogen and oxygen atoms in total. The van der Waals surface area contributed by atoms with Crippen LogP contribution in [0.2, 0.25) is 0 Å². The lowest BCUT2D eigenvalue weighted by atomic mass is 9.99. The molecule has 4 heteroatoms. The first kappa shape index (κ1) is 14.5. The molecule has 1 heterocycles. The summed E-state index contributed by atoms with van der Waals surface area (Å²) in [4.78, 5) is 14.5. The lowest BCUT2D eigenvalue weighted by Gasteiger charge is -2.34. The van der Waals surface area contributed by atoms with E-state index in [4.69, 9.17) is 5.26 Å². The molecule has 1 fully saturated rings. The van der Waals surface area contributed by atoms with Crippen molar-refractivity contribution in [2.24, 2.45) is 5.92 Å². The predicted octanol–water partition coefficient (Wildman–Crippen LogP) is 2.62. The minimum absolute atomic E-state index is 0.00538. The third-order valence-corrected chi connectivity index (χ3v) is 3.87. The average Bonchev–Trinajstić information content (AvgIpc) is 2.46. The molecular formula is C16H21N3O. The number of carbonyl (C=O) groups is 1. The van der Waals surface area contributed by atoms with Gasteiger partial charge in [-0.1, -0.05) is 13.0 Å². The van der Waals surface area contributed by atoms with Crippen molar-refractivity contribution >= 4 is 11.6 Å². The molecular weight excluding hydrogens is 250 g/mol. The molecule has 2 atom stereocenters. The Morgan fingerprint density at radius 3 is 3.05 bits per heavy atom. The van der Waals surface area contributed by atoms with Crippen molar-refractivity contribution < 1.29 is 4.79 Å². The minimum atomic E-state index is -0.136. The number of anilines is 1. The molecule has 1 aromatic carbocycles. The van der Waals surface area contributed by atoms with E-state index in [1.807, 2.05) is 13.0 Å². The highest BCUT2D eigenvalue weighted by molar-refractivity contribution is 5.94. The maximum atomic E-state index is 12.3. The largest absolute Gasteiger partial charge is 0.325 e. The van der Waals surface area contributed by atoms with Crippen molar-refractivity contribution in [1.82, 2.24) is 4.90 Å². The third kappa shape index (κ3) is 3.58. The monoisotopic (exact) mass is 271 g/mol. The fourth-order valence-corrected chi connectivity index (χ4v) is 2.66. The van der Waals surface area contributed by atoms with E-state index < -0.39 is 0 Å². The van der Waals surface area contributed by atoms with Gasteiger partial charge in [-0.25, -0.2) is 0 Å². The molecule has 20 heavy (non-hydrogen) atoms. The Balaban J connectivity index is 1.98. The Morgan fingerprint density at radius 1 is 1.55 bits per heavy atom. The van der Waals surface area contributed by atoms with E-state index in [0.717, 1.165) is 19.5 Å². The first-order valence-electron chi connectivity index (χ1n) is 7.15. The standard InChI is InChI=1S/C16H21N3O/c1-12-5-4-8-19(11-12)13(2)16(20)18-15-7-3-6-14(9-15)10-17/h3,6-7,9,12-13H,4-5,8,11H2,1-2H3,(H,18,20). The molecule has 0 aliphatic carbocycles. The molecule has 1 N–H and O–H groups in total. The van der Waals surface area contributed by atoms with Crippen molar-refractivity contribution in [3.8, 4) is 6.07 Å². The fourth-order valence-electron chi connectivity index (χ4n) is 2.66. The summed E-state index contributed by atoms with van der Waals surface area (Å²) in [5, 5.41) is 11.8.